The molecule has 0 saturated heterocycles. The lowest BCUT2D eigenvalue weighted by Crippen LogP contribution is -2.19. The molecule has 0 radical (unpaired) electrons. The topological polar surface area (TPSA) is 116 Å². The molecule has 0 aliphatic carbocycles. The summed E-state index contributed by atoms with van der Waals surface area (Å²) in [4.78, 5) is 38.4. The molecule has 6 aromatic rings. The molecule has 0 spiro atoms. The van der Waals surface area contributed by atoms with Crippen molar-refractivity contribution in [3.05, 3.63) is 72.0 Å². The van der Waals surface area contributed by atoms with Crippen LogP contribution in [0.5, 0.6) is 0 Å². The number of fused-ring (bicyclic) bond motifs is 2. The number of hydrogen-bond acceptors (Lipinski definition) is 6. The summed E-state index contributed by atoms with van der Waals surface area (Å²) in [6.45, 7) is 7.69. The van der Waals surface area contributed by atoms with Crippen molar-refractivity contribution in [1.82, 2.24) is 25.1 Å². The number of pyridine rings is 2. The number of amides is 1. The molecular formula is C31H28N6O2S. The van der Waals surface area contributed by atoms with E-state index in [1.807, 2.05) is 57.2 Å². The number of carbonyl (C=O) groups excluding carboxylic acids is 2. The molecule has 1 aromatic carbocycles. The lowest BCUT2D eigenvalue weighted by molar-refractivity contribution is -0.117. The average Bonchev–Trinajstić information content (AvgIpc) is 3.65. The Morgan fingerprint density at radius 3 is 2.52 bits per heavy atom. The van der Waals surface area contributed by atoms with Crippen molar-refractivity contribution in [3.63, 3.8) is 0 Å². The zero-order valence-electron chi connectivity index (χ0n) is 22.6. The van der Waals surface area contributed by atoms with E-state index in [-0.39, 0.29) is 17.1 Å². The van der Waals surface area contributed by atoms with Crippen molar-refractivity contribution in [2.24, 2.45) is 5.41 Å². The number of aromatic amines is 2. The fourth-order valence-corrected chi connectivity index (χ4v) is 5.70. The minimum absolute atomic E-state index is 0.0354. The summed E-state index contributed by atoms with van der Waals surface area (Å²) in [5, 5.41) is 12.6. The van der Waals surface area contributed by atoms with E-state index in [2.05, 4.69) is 42.6 Å². The Bertz CT molecular complexity index is 1910. The van der Waals surface area contributed by atoms with Crippen molar-refractivity contribution < 1.29 is 9.59 Å². The number of thiophene rings is 1. The molecular weight excluding hydrogens is 520 g/mol. The number of nitrogens with zero attached hydrogens (tertiary/aromatic N) is 3. The van der Waals surface area contributed by atoms with Crippen molar-refractivity contribution in [1.29, 1.82) is 0 Å². The van der Waals surface area contributed by atoms with Crippen LogP contribution < -0.4 is 5.32 Å². The van der Waals surface area contributed by atoms with E-state index >= 15 is 0 Å². The van der Waals surface area contributed by atoms with Crippen LogP contribution in [0.3, 0.4) is 0 Å². The fraction of sp³-hybridized carbons (Fsp3) is 0.194. The van der Waals surface area contributed by atoms with Gasteiger partial charge in [0.05, 0.1) is 38.5 Å². The van der Waals surface area contributed by atoms with Gasteiger partial charge in [0.1, 0.15) is 5.69 Å². The summed E-state index contributed by atoms with van der Waals surface area (Å²) < 4.78 is 0. The molecule has 0 atom stereocenters. The summed E-state index contributed by atoms with van der Waals surface area (Å²) in [6.07, 6.45) is 5.65. The van der Waals surface area contributed by atoms with E-state index in [0.29, 0.717) is 17.0 Å². The maximum Gasteiger partial charge on any atom is 0.224 e. The molecule has 6 rings (SSSR count). The second-order valence-electron chi connectivity index (χ2n) is 11.1. The van der Waals surface area contributed by atoms with E-state index in [1.54, 1.807) is 25.5 Å². The number of aromatic nitrogens is 5. The van der Waals surface area contributed by atoms with Gasteiger partial charge >= 0.3 is 0 Å². The smallest absolute Gasteiger partial charge is 0.224 e. The Morgan fingerprint density at radius 1 is 0.925 bits per heavy atom. The summed E-state index contributed by atoms with van der Waals surface area (Å²) in [7, 11) is 0. The Balaban J connectivity index is 1.36. The number of ketones is 1. The molecule has 0 saturated carbocycles. The van der Waals surface area contributed by atoms with Crippen LogP contribution in [0, 0.1) is 5.41 Å². The van der Waals surface area contributed by atoms with Gasteiger partial charge in [-0.3, -0.25) is 24.7 Å². The number of hydrogen-bond donors (Lipinski definition) is 3. The molecule has 0 bridgehead atoms. The lowest BCUT2D eigenvalue weighted by atomic mass is 9.92. The third kappa shape index (κ3) is 5.03. The van der Waals surface area contributed by atoms with Crippen LogP contribution in [-0.4, -0.2) is 36.8 Å². The van der Waals surface area contributed by atoms with Crippen LogP contribution in [0.15, 0.2) is 67.1 Å². The molecule has 9 heteroatoms. The van der Waals surface area contributed by atoms with Gasteiger partial charge in [0.25, 0.3) is 0 Å². The number of benzene rings is 1. The van der Waals surface area contributed by atoms with Gasteiger partial charge in [0.2, 0.25) is 5.91 Å². The highest BCUT2D eigenvalue weighted by Gasteiger charge is 2.18. The maximum absolute atomic E-state index is 12.5. The second-order valence-corrected chi connectivity index (χ2v) is 12.2. The van der Waals surface area contributed by atoms with Gasteiger partial charge in [-0.2, -0.15) is 5.10 Å². The van der Waals surface area contributed by atoms with Crippen LogP contribution in [0.4, 0.5) is 5.69 Å². The standard InChI is InChI=1S/C31H28N6O2S/c1-17(38)26-7-8-27(40-26)30-22-13-25(35-23(22)9-10-33-30)29-21-12-18(5-6-24(21)36-37-29)19-11-20(16-32-15-19)34-28(39)14-31(2,3)4/h5-13,15-16,35H,14H2,1-4H3,(H,34,39)(H,36,37). The number of nitrogens with one attached hydrogen (secondary N) is 3. The van der Waals surface area contributed by atoms with Crippen molar-refractivity contribution in [3.8, 4) is 33.1 Å². The monoisotopic (exact) mass is 548 g/mol. The summed E-state index contributed by atoms with van der Waals surface area (Å²) in [6, 6.07) is 15.8. The van der Waals surface area contributed by atoms with Gasteiger partial charge < -0.3 is 10.3 Å². The number of rotatable bonds is 6. The molecule has 200 valence electrons. The molecule has 1 amide bonds. The lowest BCUT2D eigenvalue weighted by Gasteiger charge is -2.17. The van der Waals surface area contributed by atoms with Gasteiger partial charge in [-0.15, -0.1) is 11.3 Å². The molecule has 5 aromatic heterocycles. The highest BCUT2D eigenvalue weighted by molar-refractivity contribution is 7.17. The molecule has 40 heavy (non-hydrogen) atoms. The van der Waals surface area contributed by atoms with Gasteiger partial charge in [-0.1, -0.05) is 26.8 Å². The van der Waals surface area contributed by atoms with Crippen molar-refractivity contribution in [2.75, 3.05) is 5.32 Å². The van der Waals surface area contributed by atoms with Crippen molar-refractivity contribution >= 4 is 50.5 Å². The Morgan fingerprint density at radius 2 is 1.75 bits per heavy atom. The average molecular weight is 549 g/mol. The zero-order chi connectivity index (χ0) is 28.0. The maximum atomic E-state index is 12.5. The third-order valence-corrected chi connectivity index (χ3v) is 7.79. The molecule has 0 aliphatic heterocycles. The van der Waals surface area contributed by atoms with Crippen LogP contribution in [0.25, 0.3) is 54.9 Å². The second kappa shape index (κ2) is 9.84. The summed E-state index contributed by atoms with van der Waals surface area (Å²) >= 11 is 1.45. The first-order valence-corrected chi connectivity index (χ1v) is 13.8. The summed E-state index contributed by atoms with van der Waals surface area (Å²) in [5.74, 6) is 0.0109. The predicted octanol–water partition coefficient (Wildman–Crippen LogP) is 7.47. The SMILES string of the molecule is CC(=O)c1ccc(-c2nccc3[nH]c(-c4n[nH]c5ccc(-c6cncc(NC(=O)CC(C)(C)C)c6)cc45)cc23)s1. The highest BCUT2D eigenvalue weighted by atomic mass is 32.1. The first kappa shape index (κ1) is 25.6. The van der Waals surface area contributed by atoms with Gasteiger partial charge in [-0.25, -0.2) is 0 Å². The largest absolute Gasteiger partial charge is 0.353 e. The first-order chi connectivity index (χ1) is 19.1. The van der Waals surface area contributed by atoms with Crippen LogP contribution in [0.2, 0.25) is 0 Å². The molecule has 5 heterocycles. The number of Topliss-reactive ketones (excluding diaryl/α,β-unsaturated/α-hetero) is 1. The van der Waals surface area contributed by atoms with E-state index in [9.17, 15) is 9.59 Å². The number of anilines is 1. The minimum Gasteiger partial charge on any atom is -0.353 e. The van der Waals surface area contributed by atoms with Crippen molar-refractivity contribution in [2.45, 2.75) is 34.1 Å². The molecule has 3 N–H and O–H groups in total. The van der Waals surface area contributed by atoms with E-state index in [4.69, 9.17) is 0 Å². The Kier molecular flexibility index (Phi) is 6.31. The highest BCUT2D eigenvalue weighted by Crippen LogP contribution is 2.36. The Labute approximate surface area is 234 Å². The zero-order valence-corrected chi connectivity index (χ0v) is 23.4. The van der Waals surface area contributed by atoms with Crippen LogP contribution in [0.1, 0.15) is 43.8 Å². The van der Waals surface area contributed by atoms with E-state index < -0.39 is 0 Å². The Hall–Kier alpha value is -4.63. The van der Waals surface area contributed by atoms with Gasteiger partial charge in [0.15, 0.2) is 5.78 Å². The normalized spacial score (nSPS) is 11.8. The third-order valence-electron chi connectivity index (χ3n) is 6.60. The van der Waals surface area contributed by atoms with Gasteiger partial charge in [0, 0.05) is 40.7 Å². The quantitative estimate of drug-likeness (QED) is 0.187. The number of H-pyrrole nitrogens is 2. The first-order valence-electron chi connectivity index (χ1n) is 13.0. The van der Waals surface area contributed by atoms with Crippen LogP contribution >= 0.6 is 11.3 Å². The van der Waals surface area contributed by atoms with Gasteiger partial charge in [-0.05, 0) is 60.4 Å². The molecule has 8 nitrogen and oxygen atoms in total. The van der Waals surface area contributed by atoms with E-state index in [0.717, 1.165) is 54.9 Å². The molecule has 0 unspecified atom stereocenters. The minimum atomic E-state index is -0.0987. The molecule has 0 fully saturated rings. The molecule has 0 aliphatic rings. The predicted molar refractivity (Wildman–Crippen MR) is 160 cm³/mol. The van der Waals surface area contributed by atoms with Crippen LogP contribution in [-0.2, 0) is 4.79 Å². The summed E-state index contributed by atoms with van der Waals surface area (Å²) in [5.41, 5.74) is 6.74. The van der Waals surface area contributed by atoms with E-state index in [1.165, 1.54) is 11.3 Å². The number of carbonyl (C=O) groups is 2. The fourth-order valence-electron chi connectivity index (χ4n) is 4.78.